The number of hydrogen-bond donors (Lipinski definition) is 0. The lowest BCUT2D eigenvalue weighted by molar-refractivity contribution is -0.137. The molecule has 0 saturated carbocycles. The van der Waals surface area contributed by atoms with E-state index in [1.54, 1.807) is 30.3 Å². The Morgan fingerprint density at radius 3 is 2.41 bits per heavy atom. The van der Waals surface area contributed by atoms with Gasteiger partial charge in [0.25, 0.3) is 0 Å². The van der Waals surface area contributed by atoms with Gasteiger partial charge in [0.1, 0.15) is 11.9 Å². The molecule has 5 rings (SSSR count). The van der Waals surface area contributed by atoms with Gasteiger partial charge in [0.2, 0.25) is 15.9 Å². The molecule has 168 valence electrons. The van der Waals surface area contributed by atoms with Crippen LogP contribution in [0.5, 0.6) is 0 Å². The van der Waals surface area contributed by atoms with Gasteiger partial charge in [0, 0.05) is 31.7 Å². The van der Waals surface area contributed by atoms with Crippen LogP contribution in [0.15, 0.2) is 59.6 Å². The number of rotatable bonds is 4. The van der Waals surface area contributed by atoms with E-state index in [9.17, 15) is 13.2 Å². The van der Waals surface area contributed by atoms with E-state index in [1.165, 1.54) is 4.31 Å². The molecule has 2 aliphatic heterocycles. The van der Waals surface area contributed by atoms with Gasteiger partial charge in [0.15, 0.2) is 5.65 Å². The third-order valence-electron chi connectivity index (χ3n) is 6.60. The van der Waals surface area contributed by atoms with Gasteiger partial charge in [0.05, 0.1) is 4.90 Å². The number of aromatic nitrogens is 3. The van der Waals surface area contributed by atoms with Crippen molar-refractivity contribution in [3.8, 4) is 0 Å². The van der Waals surface area contributed by atoms with Gasteiger partial charge in [-0.25, -0.2) is 8.42 Å². The van der Waals surface area contributed by atoms with Gasteiger partial charge in [-0.1, -0.05) is 30.7 Å². The third kappa shape index (κ3) is 3.80. The topological polar surface area (TPSA) is 87.9 Å². The number of carbonyl (C=O) groups excluding carboxylic acids is 1. The number of hydrogen-bond acceptors (Lipinski definition) is 5. The summed E-state index contributed by atoms with van der Waals surface area (Å²) in [7, 11) is -3.70. The maximum atomic E-state index is 13.4. The number of fused-ring (bicyclic) bond motifs is 1. The van der Waals surface area contributed by atoms with Gasteiger partial charge in [-0.05, 0) is 49.9 Å². The van der Waals surface area contributed by atoms with Gasteiger partial charge >= 0.3 is 0 Å². The monoisotopic (exact) mass is 453 g/mol. The fourth-order valence-electron chi connectivity index (χ4n) is 4.87. The highest BCUT2D eigenvalue weighted by Gasteiger charge is 2.40. The Kier molecular flexibility index (Phi) is 5.69. The molecule has 0 spiro atoms. The number of pyridine rings is 1. The highest BCUT2D eigenvalue weighted by atomic mass is 32.2. The van der Waals surface area contributed by atoms with Crippen LogP contribution >= 0.6 is 0 Å². The average Bonchev–Trinajstić information content (AvgIpc) is 3.28. The molecule has 9 heteroatoms. The van der Waals surface area contributed by atoms with Crippen molar-refractivity contribution in [1.29, 1.82) is 0 Å². The molecular weight excluding hydrogens is 426 g/mol. The van der Waals surface area contributed by atoms with E-state index in [-0.39, 0.29) is 16.7 Å². The number of piperidine rings is 2. The van der Waals surface area contributed by atoms with E-state index in [1.807, 2.05) is 33.7 Å². The van der Waals surface area contributed by atoms with Gasteiger partial charge in [-0.3, -0.25) is 9.20 Å². The number of likely N-dealkylation sites (tertiary alicyclic amines) is 1. The number of amides is 1. The zero-order valence-corrected chi connectivity index (χ0v) is 18.7. The molecule has 2 aromatic heterocycles. The van der Waals surface area contributed by atoms with Crippen molar-refractivity contribution >= 4 is 21.6 Å². The van der Waals surface area contributed by atoms with Crippen LogP contribution in [-0.4, -0.2) is 63.8 Å². The summed E-state index contributed by atoms with van der Waals surface area (Å²) >= 11 is 0. The van der Waals surface area contributed by atoms with E-state index < -0.39 is 16.1 Å². The first-order valence-electron chi connectivity index (χ1n) is 11.2. The molecule has 1 atom stereocenters. The van der Waals surface area contributed by atoms with Crippen LogP contribution in [0.1, 0.15) is 43.8 Å². The first-order valence-corrected chi connectivity index (χ1v) is 12.6. The molecule has 1 aromatic carbocycles. The van der Waals surface area contributed by atoms with E-state index in [0.29, 0.717) is 26.1 Å². The van der Waals surface area contributed by atoms with Crippen LogP contribution in [-0.2, 0) is 14.8 Å². The number of benzene rings is 1. The third-order valence-corrected chi connectivity index (χ3v) is 8.52. The summed E-state index contributed by atoms with van der Waals surface area (Å²) in [6, 6.07) is 13.6. The van der Waals surface area contributed by atoms with Crippen molar-refractivity contribution in [2.24, 2.45) is 0 Å². The van der Waals surface area contributed by atoms with E-state index in [4.69, 9.17) is 0 Å². The van der Waals surface area contributed by atoms with Crippen LogP contribution in [0, 0.1) is 0 Å². The summed E-state index contributed by atoms with van der Waals surface area (Å²) in [6.07, 6.45) is 5.76. The second-order valence-corrected chi connectivity index (χ2v) is 10.4. The Balaban J connectivity index is 1.30. The lowest BCUT2D eigenvalue weighted by atomic mass is 9.94. The van der Waals surface area contributed by atoms with E-state index in [0.717, 1.165) is 37.2 Å². The Labute approximate surface area is 187 Å². The predicted molar refractivity (Wildman–Crippen MR) is 120 cm³/mol. The molecule has 1 unspecified atom stereocenters. The molecule has 3 aromatic rings. The first kappa shape index (κ1) is 21.1. The average molecular weight is 454 g/mol. The van der Waals surface area contributed by atoms with Crippen molar-refractivity contribution < 1.29 is 13.2 Å². The Morgan fingerprint density at radius 1 is 0.875 bits per heavy atom. The molecule has 4 heterocycles. The lowest BCUT2D eigenvalue weighted by Gasteiger charge is -2.39. The second kappa shape index (κ2) is 8.63. The molecule has 1 amide bonds. The van der Waals surface area contributed by atoms with Crippen LogP contribution < -0.4 is 0 Å². The Morgan fingerprint density at radius 2 is 1.62 bits per heavy atom. The summed E-state index contributed by atoms with van der Waals surface area (Å²) in [6.45, 7) is 1.58. The summed E-state index contributed by atoms with van der Waals surface area (Å²) in [5, 5.41) is 8.62. The molecule has 32 heavy (non-hydrogen) atoms. The number of nitrogens with zero attached hydrogens (tertiary/aromatic N) is 5. The highest BCUT2D eigenvalue weighted by Crippen LogP contribution is 2.30. The highest BCUT2D eigenvalue weighted by molar-refractivity contribution is 7.89. The quantitative estimate of drug-likeness (QED) is 0.606. The zero-order chi connectivity index (χ0) is 22.1. The van der Waals surface area contributed by atoms with Crippen LogP contribution in [0.2, 0.25) is 0 Å². The molecule has 2 saturated heterocycles. The molecule has 0 N–H and O–H groups in total. The maximum absolute atomic E-state index is 13.4. The van der Waals surface area contributed by atoms with Crippen LogP contribution in [0.25, 0.3) is 5.65 Å². The lowest BCUT2D eigenvalue weighted by Crippen LogP contribution is -2.54. The summed E-state index contributed by atoms with van der Waals surface area (Å²) in [5.74, 6) is 1.08. The number of carbonyl (C=O) groups is 1. The molecule has 8 nitrogen and oxygen atoms in total. The molecule has 2 fully saturated rings. The molecule has 0 bridgehead atoms. The minimum absolute atomic E-state index is 0.0752. The standard InChI is InChI=1S/C23H27N5O3S/c29-23(20-10-4-7-15-28(20)32(30,31)19-8-2-1-3-9-19)26-16-12-18(13-17-26)22-25-24-21-11-5-6-14-27(21)22/h1-3,5-6,8-9,11,14,18,20H,4,7,10,12-13,15-17H2. The summed E-state index contributed by atoms with van der Waals surface area (Å²) < 4.78 is 29.9. The smallest absolute Gasteiger partial charge is 0.243 e. The fraction of sp³-hybridized carbons (Fsp3) is 0.435. The van der Waals surface area contributed by atoms with Gasteiger partial charge in [-0.15, -0.1) is 10.2 Å². The molecule has 2 aliphatic rings. The Hall–Kier alpha value is -2.78. The van der Waals surface area contributed by atoms with Crippen LogP contribution in [0.4, 0.5) is 0 Å². The maximum Gasteiger partial charge on any atom is 0.243 e. The van der Waals surface area contributed by atoms with Crippen LogP contribution in [0.3, 0.4) is 0 Å². The molecule has 0 aliphatic carbocycles. The minimum Gasteiger partial charge on any atom is -0.341 e. The predicted octanol–water partition coefficient (Wildman–Crippen LogP) is 2.68. The zero-order valence-electron chi connectivity index (χ0n) is 17.9. The van der Waals surface area contributed by atoms with Crippen molar-refractivity contribution in [3.63, 3.8) is 0 Å². The van der Waals surface area contributed by atoms with Crippen molar-refractivity contribution in [1.82, 2.24) is 23.8 Å². The summed E-state index contributed by atoms with van der Waals surface area (Å²) in [4.78, 5) is 15.5. The normalized spacial score (nSPS) is 21.1. The molecule has 0 radical (unpaired) electrons. The van der Waals surface area contributed by atoms with E-state index >= 15 is 0 Å². The SMILES string of the molecule is O=C(C1CCCCN1S(=O)(=O)c1ccccc1)N1CCC(c2nnc3ccccn23)CC1. The van der Waals surface area contributed by atoms with Gasteiger partial charge < -0.3 is 4.90 Å². The largest absolute Gasteiger partial charge is 0.341 e. The Bertz CT molecular complexity index is 1200. The van der Waals surface area contributed by atoms with Gasteiger partial charge in [-0.2, -0.15) is 4.31 Å². The van der Waals surface area contributed by atoms with Crippen molar-refractivity contribution in [2.45, 2.75) is 49.0 Å². The first-order chi connectivity index (χ1) is 15.6. The van der Waals surface area contributed by atoms with E-state index in [2.05, 4.69) is 10.2 Å². The minimum atomic E-state index is -3.70. The van der Waals surface area contributed by atoms with Crippen molar-refractivity contribution in [3.05, 3.63) is 60.6 Å². The number of sulfonamides is 1. The fourth-order valence-corrected chi connectivity index (χ4v) is 6.55. The summed E-state index contributed by atoms with van der Waals surface area (Å²) in [5.41, 5.74) is 0.824. The second-order valence-electron chi connectivity index (χ2n) is 8.53. The molecular formula is C23H27N5O3S. The van der Waals surface area contributed by atoms with Crippen molar-refractivity contribution in [2.75, 3.05) is 19.6 Å².